The summed E-state index contributed by atoms with van der Waals surface area (Å²) in [5.74, 6) is 0.265. The van der Waals surface area contributed by atoms with Gasteiger partial charge in [0.05, 0.1) is 6.04 Å². The third-order valence-electron chi connectivity index (χ3n) is 2.50. The summed E-state index contributed by atoms with van der Waals surface area (Å²) in [5, 5.41) is 2.86. The van der Waals surface area contributed by atoms with Gasteiger partial charge in [-0.1, -0.05) is 30.3 Å². The Bertz CT molecular complexity index is 505. The van der Waals surface area contributed by atoms with Crippen LogP contribution in [0.3, 0.4) is 0 Å². The van der Waals surface area contributed by atoms with Crippen LogP contribution in [0.25, 0.3) is 0 Å². The second kappa shape index (κ2) is 4.82. The molecule has 0 saturated carbocycles. The fourth-order valence-corrected chi connectivity index (χ4v) is 1.56. The molecule has 1 heterocycles. The maximum atomic E-state index is 11.8. The molecule has 1 amide bonds. The average molecular weight is 230 g/mol. The Kier molecular flexibility index (Phi) is 3.23. The molecule has 0 unspecified atom stereocenters. The maximum absolute atomic E-state index is 11.8. The molecular weight excluding hydrogens is 216 g/mol. The first-order valence-electron chi connectivity index (χ1n) is 5.45. The van der Waals surface area contributed by atoms with Crippen LogP contribution in [0.1, 0.15) is 34.9 Å². The van der Waals surface area contributed by atoms with Gasteiger partial charge in [-0.25, -0.2) is 4.98 Å². The van der Waals surface area contributed by atoms with E-state index < -0.39 is 0 Å². The van der Waals surface area contributed by atoms with Crippen molar-refractivity contribution >= 4 is 5.91 Å². The highest BCUT2D eigenvalue weighted by Gasteiger charge is 2.14. The molecule has 0 saturated heterocycles. The molecule has 0 radical (unpaired) electrons. The smallest absolute Gasteiger partial charge is 0.273 e. The second-order valence-electron chi connectivity index (χ2n) is 3.86. The van der Waals surface area contributed by atoms with Crippen molar-refractivity contribution in [1.82, 2.24) is 10.3 Å². The summed E-state index contributed by atoms with van der Waals surface area (Å²) in [6.45, 7) is 3.64. The second-order valence-corrected chi connectivity index (χ2v) is 3.86. The Morgan fingerprint density at radius 2 is 2.06 bits per heavy atom. The van der Waals surface area contributed by atoms with Crippen molar-refractivity contribution in [3.05, 3.63) is 53.7 Å². The summed E-state index contributed by atoms with van der Waals surface area (Å²) < 4.78 is 5.00. The maximum Gasteiger partial charge on any atom is 0.273 e. The standard InChI is InChI=1S/C13H14N2O2/c1-9(11-6-4-3-5-7-11)14-13(16)12-8-17-10(2)15-12/h3-9H,1-2H3,(H,14,16)/t9-/m0/s1. The quantitative estimate of drug-likeness (QED) is 0.881. The van der Waals surface area contributed by atoms with Gasteiger partial charge in [0.15, 0.2) is 11.6 Å². The number of rotatable bonds is 3. The monoisotopic (exact) mass is 230 g/mol. The molecule has 0 fully saturated rings. The van der Waals surface area contributed by atoms with Gasteiger partial charge in [-0.2, -0.15) is 0 Å². The van der Waals surface area contributed by atoms with Crippen molar-refractivity contribution in [2.45, 2.75) is 19.9 Å². The molecule has 0 aliphatic heterocycles. The van der Waals surface area contributed by atoms with E-state index in [2.05, 4.69) is 10.3 Å². The van der Waals surface area contributed by atoms with Crippen LogP contribution in [0.2, 0.25) is 0 Å². The van der Waals surface area contributed by atoms with Gasteiger partial charge in [-0.05, 0) is 12.5 Å². The topological polar surface area (TPSA) is 55.1 Å². The Morgan fingerprint density at radius 1 is 1.35 bits per heavy atom. The molecular formula is C13H14N2O2. The lowest BCUT2D eigenvalue weighted by molar-refractivity contribution is 0.0935. The molecule has 88 valence electrons. The first-order valence-corrected chi connectivity index (χ1v) is 5.45. The van der Waals surface area contributed by atoms with Crippen molar-refractivity contribution < 1.29 is 9.21 Å². The number of oxazole rings is 1. The number of nitrogens with one attached hydrogen (secondary N) is 1. The summed E-state index contributed by atoms with van der Waals surface area (Å²) in [6, 6.07) is 9.72. The SMILES string of the molecule is Cc1nc(C(=O)N[C@@H](C)c2ccccc2)co1. The number of carbonyl (C=O) groups is 1. The Balaban J connectivity index is 2.04. The highest BCUT2D eigenvalue weighted by molar-refractivity contribution is 5.92. The third kappa shape index (κ3) is 2.72. The number of aryl methyl sites for hydroxylation is 1. The van der Waals surface area contributed by atoms with Gasteiger partial charge in [0, 0.05) is 6.92 Å². The fourth-order valence-electron chi connectivity index (χ4n) is 1.56. The molecule has 1 N–H and O–H groups in total. The number of carbonyl (C=O) groups excluding carboxylic acids is 1. The molecule has 1 aromatic carbocycles. The third-order valence-corrected chi connectivity index (χ3v) is 2.50. The number of amides is 1. The van der Waals surface area contributed by atoms with Crippen LogP contribution >= 0.6 is 0 Å². The summed E-state index contributed by atoms with van der Waals surface area (Å²) in [7, 11) is 0. The highest BCUT2D eigenvalue weighted by Crippen LogP contribution is 2.12. The van der Waals surface area contributed by atoms with Gasteiger partial charge in [-0.15, -0.1) is 0 Å². The predicted molar refractivity (Wildman–Crippen MR) is 63.6 cm³/mol. The summed E-state index contributed by atoms with van der Waals surface area (Å²) in [4.78, 5) is 15.8. The zero-order chi connectivity index (χ0) is 12.3. The summed E-state index contributed by atoms with van der Waals surface area (Å²) >= 11 is 0. The number of hydrogen-bond donors (Lipinski definition) is 1. The highest BCUT2D eigenvalue weighted by atomic mass is 16.3. The van der Waals surface area contributed by atoms with E-state index in [-0.39, 0.29) is 11.9 Å². The Labute approximate surface area is 99.7 Å². The predicted octanol–water partition coefficient (Wildman–Crippen LogP) is 2.47. The molecule has 2 rings (SSSR count). The summed E-state index contributed by atoms with van der Waals surface area (Å²) in [5.41, 5.74) is 1.37. The van der Waals surface area contributed by atoms with Crippen LogP contribution < -0.4 is 5.32 Å². The van der Waals surface area contributed by atoms with Crippen LogP contribution in [-0.2, 0) is 0 Å². The van der Waals surface area contributed by atoms with Crippen molar-refractivity contribution in [1.29, 1.82) is 0 Å². The van der Waals surface area contributed by atoms with Gasteiger partial charge < -0.3 is 9.73 Å². The van der Waals surface area contributed by atoms with E-state index in [1.807, 2.05) is 37.3 Å². The van der Waals surface area contributed by atoms with Gasteiger partial charge in [-0.3, -0.25) is 4.79 Å². The van der Waals surface area contributed by atoms with Crippen LogP contribution in [-0.4, -0.2) is 10.9 Å². The zero-order valence-corrected chi connectivity index (χ0v) is 9.81. The molecule has 17 heavy (non-hydrogen) atoms. The molecule has 4 heteroatoms. The van der Waals surface area contributed by atoms with Crippen molar-refractivity contribution in [3.63, 3.8) is 0 Å². The van der Waals surface area contributed by atoms with E-state index >= 15 is 0 Å². The first kappa shape index (κ1) is 11.4. The van der Waals surface area contributed by atoms with Crippen LogP contribution in [0, 0.1) is 6.92 Å². The lowest BCUT2D eigenvalue weighted by atomic mass is 10.1. The molecule has 4 nitrogen and oxygen atoms in total. The number of benzene rings is 1. The molecule has 0 bridgehead atoms. The van der Waals surface area contributed by atoms with E-state index in [0.29, 0.717) is 11.6 Å². The molecule has 0 aliphatic rings. The number of hydrogen-bond acceptors (Lipinski definition) is 3. The number of aromatic nitrogens is 1. The van der Waals surface area contributed by atoms with Gasteiger partial charge in [0.1, 0.15) is 6.26 Å². The Hall–Kier alpha value is -2.10. The molecule has 1 atom stereocenters. The van der Waals surface area contributed by atoms with Gasteiger partial charge in [0.2, 0.25) is 0 Å². The van der Waals surface area contributed by atoms with E-state index in [0.717, 1.165) is 5.56 Å². The van der Waals surface area contributed by atoms with Gasteiger partial charge in [0.25, 0.3) is 5.91 Å². The summed E-state index contributed by atoms with van der Waals surface area (Å²) in [6.07, 6.45) is 1.36. The lowest BCUT2D eigenvalue weighted by Gasteiger charge is -2.12. The average Bonchev–Trinajstić information content (AvgIpc) is 2.77. The Morgan fingerprint density at radius 3 is 2.65 bits per heavy atom. The van der Waals surface area contributed by atoms with E-state index in [4.69, 9.17) is 4.42 Å². The van der Waals surface area contributed by atoms with Crippen LogP contribution in [0.4, 0.5) is 0 Å². The minimum absolute atomic E-state index is 0.0549. The first-order chi connectivity index (χ1) is 8.16. The number of nitrogens with zero attached hydrogens (tertiary/aromatic N) is 1. The normalized spacial score (nSPS) is 12.1. The fraction of sp³-hybridized carbons (Fsp3) is 0.231. The van der Waals surface area contributed by atoms with Crippen molar-refractivity contribution in [3.8, 4) is 0 Å². The van der Waals surface area contributed by atoms with Crippen molar-refractivity contribution in [2.24, 2.45) is 0 Å². The van der Waals surface area contributed by atoms with E-state index in [9.17, 15) is 4.79 Å². The van der Waals surface area contributed by atoms with Crippen LogP contribution in [0.15, 0.2) is 41.0 Å². The van der Waals surface area contributed by atoms with Crippen LogP contribution in [0.5, 0.6) is 0 Å². The van der Waals surface area contributed by atoms with Gasteiger partial charge >= 0.3 is 0 Å². The van der Waals surface area contributed by atoms with E-state index in [1.165, 1.54) is 6.26 Å². The van der Waals surface area contributed by atoms with E-state index in [1.54, 1.807) is 6.92 Å². The molecule has 0 aliphatic carbocycles. The largest absolute Gasteiger partial charge is 0.448 e. The molecule has 0 spiro atoms. The van der Waals surface area contributed by atoms with Crippen molar-refractivity contribution in [2.75, 3.05) is 0 Å². The molecule has 1 aromatic heterocycles. The minimum atomic E-state index is -0.224. The molecule has 2 aromatic rings. The zero-order valence-electron chi connectivity index (χ0n) is 9.81. The lowest BCUT2D eigenvalue weighted by Crippen LogP contribution is -2.26. The minimum Gasteiger partial charge on any atom is -0.448 e.